The lowest BCUT2D eigenvalue weighted by Crippen LogP contribution is -2.39. The molecule has 2 aromatic carbocycles. The number of hydrogen-bond acceptors (Lipinski definition) is 3. The highest BCUT2D eigenvalue weighted by Gasteiger charge is 2.31. The first kappa shape index (κ1) is 17.1. The number of amides is 1. The molecule has 0 radical (unpaired) electrons. The molecule has 0 unspecified atom stereocenters. The van der Waals surface area contributed by atoms with Crippen LogP contribution in [0.1, 0.15) is 37.4 Å². The molecule has 0 spiro atoms. The van der Waals surface area contributed by atoms with Crippen molar-refractivity contribution in [3.05, 3.63) is 71.5 Å². The molecular formula is C20H21FN2O2. The summed E-state index contributed by atoms with van der Waals surface area (Å²) in [6.45, 7) is 4.12. The number of carbonyl (C=O) groups is 1. The van der Waals surface area contributed by atoms with Crippen molar-refractivity contribution in [1.29, 1.82) is 0 Å². The van der Waals surface area contributed by atoms with E-state index in [9.17, 15) is 9.18 Å². The third kappa shape index (κ3) is 4.05. The van der Waals surface area contributed by atoms with Gasteiger partial charge in [-0.25, -0.2) is 4.39 Å². The summed E-state index contributed by atoms with van der Waals surface area (Å²) in [4.78, 5) is 17.9. The topological polar surface area (TPSA) is 50.7 Å². The maximum Gasteiger partial charge on any atom is 0.264 e. The Hall–Kier alpha value is -2.69. The van der Waals surface area contributed by atoms with Crippen LogP contribution >= 0.6 is 0 Å². The summed E-state index contributed by atoms with van der Waals surface area (Å²) in [5, 5.41) is 7.01. The first-order valence-corrected chi connectivity index (χ1v) is 8.38. The smallest absolute Gasteiger partial charge is 0.264 e. The van der Waals surface area contributed by atoms with Crippen molar-refractivity contribution in [3.63, 3.8) is 0 Å². The molecule has 3 rings (SSSR count). The van der Waals surface area contributed by atoms with Crippen molar-refractivity contribution in [2.75, 3.05) is 0 Å². The van der Waals surface area contributed by atoms with Gasteiger partial charge in [0.15, 0.2) is 0 Å². The maximum absolute atomic E-state index is 13.3. The predicted molar refractivity (Wildman–Crippen MR) is 94.6 cm³/mol. The second-order valence-electron chi connectivity index (χ2n) is 6.49. The monoisotopic (exact) mass is 340 g/mol. The molecule has 2 atom stereocenters. The van der Waals surface area contributed by atoms with E-state index in [0.717, 1.165) is 5.56 Å². The fourth-order valence-corrected chi connectivity index (χ4v) is 2.90. The van der Waals surface area contributed by atoms with Gasteiger partial charge < -0.3 is 10.2 Å². The van der Waals surface area contributed by atoms with Crippen LogP contribution in [0.5, 0.6) is 0 Å². The fourth-order valence-electron chi connectivity index (χ4n) is 2.90. The molecule has 25 heavy (non-hydrogen) atoms. The first-order chi connectivity index (χ1) is 12.0. The Morgan fingerprint density at radius 1 is 1.20 bits per heavy atom. The highest BCUT2D eigenvalue weighted by atomic mass is 19.1. The van der Waals surface area contributed by atoms with E-state index in [2.05, 4.69) is 24.3 Å². The number of hydrogen-bond donors (Lipinski definition) is 1. The maximum atomic E-state index is 13.3. The standard InChI is InChI=1S/C20H21FN2O2/c1-13(2)19(14-7-4-3-5-8-14)22-20(24)18-12-17(23-25-18)15-9-6-10-16(21)11-15/h3-11,13,18-19H,12H2,1-2H3,(H,22,24)/t18-,19+/m0/s1. The Balaban J connectivity index is 1.66. The van der Waals surface area contributed by atoms with Gasteiger partial charge in [-0.2, -0.15) is 0 Å². The lowest BCUT2D eigenvalue weighted by Gasteiger charge is -2.24. The molecule has 0 saturated carbocycles. The van der Waals surface area contributed by atoms with Crippen molar-refractivity contribution in [3.8, 4) is 0 Å². The van der Waals surface area contributed by atoms with Gasteiger partial charge in [0.1, 0.15) is 5.82 Å². The van der Waals surface area contributed by atoms with Gasteiger partial charge in [0, 0.05) is 12.0 Å². The summed E-state index contributed by atoms with van der Waals surface area (Å²) in [6.07, 6.45) is -0.363. The van der Waals surface area contributed by atoms with Gasteiger partial charge in [-0.3, -0.25) is 4.79 Å². The fraction of sp³-hybridized carbons (Fsp3) is 0.300. The molecule has 1 aliphatic rings. The Morgan fingerprint density at radius 3 is 2.64 bits per heavy atom. The van der Waals surface area contributed by atoms with Crippen molar-refractivity contribution in [1.82, 2.24) is 5.32 Å². The number of halogens is 1. The summed E-state index contributed by atoms with van der Waals surface area (Å²) >= 11 is 0. The van der Waals surface area contributed by atoms with Crippen LogP contribution in [0.4, 0.5) is 4.39 Å². The molecule has 5 heteroatoms. The van der Waals surface area contributed by atoms with Crippen LogP contribution in [0.3, 0.4) is 0 Å². The molecule has 2 aromatic rings. The molecule has 0 bridgehead atoms. The molecule has 0 saturated heterocycles. The van der Waals surface area contributed by atoms with E-state index >= 15 is 0 Å². The summed E-state index contributed by atoms with van der Waals surface area (Å²) in [7, 11) is 0. The minimum atomic E-state index is -0.691. The molecule has 1 amide bonds. The van der Waals surface area contributed by atoms with Crippen LogP contribution in [-0.2, 0) is 9.63 Å². The van der Waals surface area contributed by atoms with Gasteiger partial charge in [0.2, 0.25) is 6.10 Å². The van der Waals surface area contributed by atoms with Crippen LogP contribution in [0.15, 0.2) is 59.8 Å². The number of nitrogens with one attached hydrogen (secondary N) is 1. The quantitative estimate of drug-likeness (QED) is 0.899. The molecule has 1 aliphatic heterocycles. The number of oxime groups is 1. The minimum absolute atomic E-state index is 0.101. The van der Waals surface area contributed by atoms with Crippen LogP contribution in [-0.4, -0.2) is 17.7 Å². The van der Waals surface area contributed by atoms with E-state index in [1.807, 2.05) is 30.3 Å². The summed E-state index contributed by atoms with van der Waals surface area (Å²) in [5.74, 6) is -0.314. The molecule has 0 aromatic heterocycles. The average molecular weight is 340 g/mol. The summed E-state index contributed by atoms with van der Waals surface area (Å²) in [6, 6.07) is 15.9. The van der Waals surface area contributed by atoms with E-state index in [1.165, 1.54) is 12.1 Å². The lowest BCUT2D eigenvalue weighted by atomic mass is 9.95. The lowest BCUT2D eigenvalue weighted by molar-refractivity contribution is -0.132. The first-order valence-electron chi connectivity index (χ1n) is 8.38. The van der Waals surface area contributed by atoms with E-state index in [4.69, 9.17) is 4.84 Å². The summed E-state index contributed by atoms with van der Waals surface area (Å²) in [5.41, 5.74) is 2.27. The SMILES string of the molecule is CC(C)[C@@H](NC(=O)[C@@H]1CC(c2cccc(F)c2)=NO1)c1ccccc1. The van der Waals surface area contributed by atoms with E-state index in [-0.39, 0.29) is 23.7 Å². The normalized spacial score (nSPS) is 17.8. The van der Waals surface area contributed by atoms with Crippen molar-refractivity contribution >= 4 is 11.6 Å². The van der Waals surface area contributed by atoms with E-state index in [1.54, 1.807) is 12.1 Å². The number of carbonyl (C=O) groups excluding carboxylic acids is 1. The second-order valence-corrected chi connectivity index (χ2v) is 6.49. The molecule has 130 valence electrons. The highest BCUT2D eigenvalue weighted by Crippen LogP contribution is 2.23. The van der Waals surface area contributed by atoms with E-state index in [0.29, 0.717) is 17.7 Å². The Bertz CT molecular complexity index is 774. The zero-order valence-electron chi connectivity index (χ0n) is 14.3. The van der Waals surface area contributed by atoms with Crippen molar-refractivity contribution in [2.24, 2.45) is 11.1 Å². The number of nitrogens with zero attached hydrogens (tertiary/aromatic N) is 1. The van der Waals surface area contributed by atoms with E-state index < -0.39 is 6.10 Å². The second kappa shape index (κ2) is 7.47. The molecule has 0 fully saturated rings. The Labute approximate surface area is 146 Å². The van der Waals surface area contributed by atoms with Crippen LogP contribution in [0, 0.1) is 11.7 Å². The number of benzene rings is 2. The predicted octanol–water partition coefficient (Wildman–Crippen LogP) is 3.83. The molecule has 1 N–H and O–H groups in total. The average Bonchev–Trinajstić information content (AvgIpc) is 3.10. The minimum Gasteiger partial charge on any atom is -0.382 e. The highest BCUT2D eigenvalue weighted by molar-refractivity contribution is 6.04. The van der Waals surface area contributed by atoms with Crippen molar-refractivity contribution in [2.45, 2.75) is 32.4 Å². The van der Waals surface area contributed by atoms with Gasteiger partial charge in [-0.1, -0.05) is 61.5 Å². The molecule has 4 nitrogen and oxygen atoms in total. The zero-order chi connectivity index (χ0) is 17.8. The Kier molecular flexibility index (Phi) is 5.12. The van der Waals surface area contributed by atoms with Crippen LogP contribution in [0.25, 0.3) is 0 Å². The number of rotatable bonds is 5. The zero-order valence-corrected chi connectivity index (χ0v) is 14.3. The van der Waals surface area contributed by atoms with Crippen LogP contribution in [0.2, 0.25) is 0 Å². The third-order valence-electron chi connectivity index (χ3n) is 4.24. The molecule has 0 aliphatic carbocycles. The third-order valence-corrected chi connectivity index (χ3v) is 4.24. The largest absolute Gasteiger partial charge is 0.382 e. The van der Waals surface area contributed by atoms with Crippen LogP contribution < -0.4 is 5.32 Å². The van der Waals surface area contributed by atoms with Gasteiger partial charge >= 0.3 is 0 Å². The molecular weight excluding hydrogens is 319 g/mol. The van der Waals surface area contributed by atoms with Gasteiger partial charge in [-0.05, 0) is 23.6 Å². The van der Waals surface area contributed by atoms with Gasteiger partial charge in [0.05, 0.1) is 11.8 Å². The van der Waals surface area contributed by atoms with Gasteiger partial charge in [0.25, 0.3) is 5.91 Å². The Morgan fingerprint density at radius 2 is 1.96 bits per heavy atom. The van der Waals surface area contributed by atoms with Crippen molar-refractivity contribution < 1.29 is 14.0 Å². The summed E-state index contributed by atoms with van der Waals surface area (Å²) < 4.78 is 13.3. The molecule has 1 heterocycles. The van der Waals surface area contributed by atoms with Gasteiger partial charge in [-0.15, -0.1) is 0 Å².